The molecule has 26 heavy (non-hydrogen) atoms. The van der Waals surface area contributed by atoms with Gasteiger partial charge in [0.2, 0.25) is 10.7 Å². The van der Waals surface area contributed by atoms with Gasteiger partial charge in [0, 0.05) is 16.9 Å². The molecule has 1 saturated heterocycles. The second-order valence-electron chi connectivity index (χ2n) is 6.79. The van der Waals surface area contributed by atoms with Gasteiger partial charge < -0.3 is 15.1 Å². The van der Waals surface area contributed by atoms with Crippen molar-refractivity contribution in [2.45, 2.75) is 37.7 Å². The number of thioether (sulfide) groups is 1. The third kappa shape index (κ3) is 2.27. The molecule has 4 heterocycles. The number of carboxylic acid groups (broad SMARTS) is 1. The first-order valence-corrected chi connectivity index (χ1v) is 10.5. The van der Waals surface area contributed by atoms with Crippen LogP contribution in [0.3, 0.4) is 0 Å². The van der Waals surface area contributed by atoms with Crippen molar-refractivity contribution >= 4 is 39.8 Å². The highest BCUT2D eigenvalue weighted by molar-refractivity contribution is 7.98. The molecule has 138 valence electrons. The molecule has 2 N–H and O–H groups in total. The number of fused-ring (bicyclic) bond motifs is 2. The molecule has 0 aliphatic carbocycles. The number of hydrogen-bond acceptors (Lipinski definition) is 5. The normalized spacial score (nSPS) is 26.4. The summed E-state index contributed by atoms with van der Waals surface area (Å²) in [4.78, 5) is 26.8. The van der Waals surface area contributed by atoms with Gasteiger partial charge in [-0.2, -0.15) is 4.40 Å². The predicted octanol–water partition coefficient (Wildman–Crippen LogP) is 1.21. The number of aliphatic carboxylic acids is 1. The van der Waals surface area contributed by atoms with Gasteiger partial charge in [0.15, 0.2) is 0 Å². The molecule has 2 aliphatic heterocycles. The van der Waals surface area contributed by atoms with Crippen LogP contribution in [-0.2, 0) is 16.1 Å². The number of β-lactam (4-membered cyclic amide) rings is 1. The van der Waals surface area contributed by atoms with Crippen LogP contribution in [0.5, 0.6) is 0 Å². The fraction of sp³-hybridized carbons (Fsp3) is 0.471. The summed E-state index contributed by atoms with van der Waals surface area (Å²) in [5.74, 6) is -2.02. The zero-order valence-electron chi connectivity index (χ0n) is 14.6. The summed E-state index contributed by atoms with van der Waals surface area (Å²) >= 11 is 3.22. The lowest BCUT2D eigenvalue weighted by Gasteiger charge is -2.46. The van der Waals surface area contributed by atoms with Gasteiger partial charge in [0.1, 0.15) is 24.6 Å². The van der Waals surface area contributed by atoms with E-state index in [9.17, 15) is 19.8 Å². The van der Waals surface area contributed by atoms with Gasteiger partial charge in [-0.25, -0.2) is 9.36 Å². The quantitative estimate of drug-likeness (QED) is 0.452. The summed E-state index contributed by atoms with van der Waals surface area (Å²) in [6.45, 7) is 3.95. The van der Waals surface area contributed by atoms with Gasteiger partial charge in [-0.3, -0.25) is 4.79 Å². The lowest BCUT2D eigenvalue weighted by atomic mass is 9.78. The standard InChI is InChI=1S/C17H19N3O4S2/c1-8-10(6-18-7-11-19(4-5-26-11)17(18)25-3)14(16(23)24)20-13(8)12(9(2)21)15(20)22/h4-5,7-9,12-13,21H,6H2,1-3H3/p+1/t8-,9+,12+,13+/m0/s1. The highest BCUT2D eigenvalue weighted by Gasteiger charge is 2.60. The number of rotatable bonds is 5. The SMILES string of the molecule is CSc1n2ccsc2c[n+]1CC1=C(C(=O)O)N2C(=O)[C@H]([C@@H](C)O)[C@H]2[C@H]1C. The number of carbonyl (C=O) groups excluding carboxylic acids is 1. The number of aromatic nitrogens is 2. The lowest BCUT2D eigenvalue weighted by Crippen LogP contribution is -2.63. The molecule has 0 radical (unpaired) electrons. The maximum atomic E-state index is 12.4. The summed E-state index contributed by atoms with van der Waals surface area (Å²) < 4.78 is 4.12. The maximum absolute atomic E-state index is 12.4. The van der Waals surface area contributed by atoms with Crippen LogP contribution in [0.2, 0.25) is 0 Å². The average molecular weight is 394 g/mol. The number of carboxylic acids is 1. The Hall–Kier alpha value is -1.84. The van der Waals surface area contributed by atoms with Crippen molar-refractivity contribution in [3.8, 4) is 0 Å². The van der Waals surface area contributed by atoms with Gasteiger partial charge in [-0.1, -0.05) is 18.3 Å². The number of imidazole rings is 1. The van der Waals surface area contributed by atoms with E-state index in [0.717, 1.165) is 15.6 Å². The Morgan fingerprint density at radius 1 is 1.50 bits per heavy atom. The summed E-state index contributed by atoms with van der Waals surface area (Å²) in [5, 5.41) is 22.7. The summed E-state index contributed by atoms with van der Waals surface area (Å²) in [6.07, 6.45) is 5.21. The Balaban J connectivity index is 1.76. The van der Waals surface area contributed by atoms with Crippen LogP contribution in [0.25, 0.3) is 4.83 Å². The molecule has 0 aromatic carbocycles. The molecular formula is C17H20N3O4S2+. The summed E-state index contributed by atoms with van der Waals surface area (Å²) in [5.41, 5.74) is 0.816. The van der Waals surface area contributed by atoms with Crippen molar-refractivity contribution in [2.75, 3.05) is 6.26 Å². The summed E-state index contributed by atoms with van der Waals surface area (Å²) in [6, 6.07) is -0.273. The van der Waals surface area contributed by atoms with Crippen molar-refractivity contribution in [3.05, 3.63) is 29.0 Å². The van der Waals surface area contributed by atoms with Crippen molar-refractivity contribution in [2.24, 2.45) is 11.8 Å². The van der Waals surface area contributed by atoms with Crippen LogP contribution in [0.4, 0.5) is 0 Å². The first kappa shape index (κ1) is 17.6. The molecule has 4 rings (SSSR count). The minimum atomic E-state index is -1.08. The number of aliphatic hydroxyl groups is 1. The molecule has 7 nitrogen and oxygen atoms in total. The zero-order chi connectivity index (χ0) is 18.7. The van der Waals surface area contributed by atoms with E-state index in [-0.39, 0.29) is 23.6 Å². The van der Waals surface area contributed by atoms with E-state index in [4.69, 9.17) is 0 Å². The van der Waals surface area contributed by atoms with E-state index in [0.29, 0.717) is 6.54 Å². The number of hydrogen-bond donors (Lipinski definition) is 2. The molecule has 1 fully saturated rings. The summed E-state index contributed by atoms with van der Waals surface area (Å²) in [7, 11) is 0. The molecule has 4 atom stereocenters. The van der Waals surface area contributed by atoms with Crippen LogP contribution < -0.4 is 4.57 Å². The van der Waals surface area contributed by atoms with Crippen LogP contribution >= 0.6 is 23.1 Å². The highest BCUT2D eigenvalue weighted by Crippen LogP contribution is 2.47. The van der Waals surface area contributed by atoms with Crippen molar-refractivity contribution in [1.29, 1.82) is 0 Å². The Morgan fingerprint density at radius 3 is 2.85 bits per heavy atom. The van der Waals surface area contributed by atoms with E-state index < -0.39 is 18.0 Å². The predicted molar refractivity (Wildman–Crippen MR) is 96.9 cm³/mol. The largest absolute Gasteiger partial charge is 0.477 e. The van der Waals surface area contributed by atoms with Crippen molar-refractivity contribution in [3.63, 3.8) is 0 Å². The molecule has 9 heteroatoms. The Bertz CT molecular complexity index is 945. The maximum Gasteiger partial charge on any atom is 0.352 e. The molecular weight excluding hydrogens is 374 g/mol. The molecule has 2 aliphatic rings. The van der Waals surface area contributed by atoms with Gasteiger partial charge in [-0.15, -0.1) is 0 Å². The molecule has 2 aromatic rings. The van der Waals surface area contributed by atoms with Gasteiger partial charge in [-0.05, 0) is 24.9 Å². The molecule has 0 bridgehead atoms. The van der Waals surface area contributed by atoms with Crippen molar-refractivity contribution < 1.29 is 24.4 Å². The number of nitrogens with zero attached hydrogens (tertiary/aromatic N) is 3. The van der Waals surface area contributed by atoms with E-state index >= 15 is 0 Å². The van der Waals surface area contributed by atoms with E-state index in [1.54, 1.807) is 30.0 Å². The minimum Gasteiger partial charge on any atom is -0.477 e. The molecule has 0 spiro atoms. The molecule has 1 amide bonds. The van der Waals surface area contributed by atoms with Crippen LogP contribution in [-0.4, -0.2) is 49.8 Å². The topological polar surface area (TPSA) is 86.1 Å². The van der Waals surface area contributed by atoms with E-state index in [2.05, 4.69) is 4.40 Å². The van der Waals surface area contributed by atoms with Crippen LogP contribution in [0.1, 0.15) is 13.8 Å². The van der Waals surface area contributed by atoms with Crippen LogP contribution in [0, 0.1) is 11.8 Å². The average Bonchev–Trinajstić information content (AvgIpc) is 3.19. The minimum absolute atomic E-state index is 0.0820. The van der Waals surface area contributed by atoms with Gasteiger partial charge in [0.25, 0.3) is 0 Å². The Morgan fingerprint density at radius 2 is 2.23 bits per heavy atom. The van der Waals surface area contributed by atoms with Crippen LogP contribution in [0.15, 0.2) is 34.2 Å². The smallest absolute Gasteiger partial charge is 0.352 e. The third-order valence-electron chi connectivity index (χ3n) is 5.40. The fourth-order valence-electron chi connectivity index (χ4n) is 4.23. The van der Waals surface area contributed by atoms with Gasteiger partial charge in [0.05, 0.1) is 18.1 Å². The zero-order valence-corrected chi connectivity index (χ0v) is 16.3. The Kier molecular flexibility index (Phi) is 4.13. The van der Waals surface area contributed by atoms with Gasteiger partial charge >= 0.3 is 11.1 Å². The first-order chi connectivity index (χ1) is 12.4. The number of thiazole rings is 1. The fourth-order valence-corrected chi connectivity index (χ4v) is 5.77. The second kappa shape index (κ2) is 6.11. The van der Waals surface area contributed by atoms with E-state index in [1.165, 1.54) is 4.90 Å². The monoisotopic (exact) mass is 394 g/mol. The second-order valence-corrected chi connectivity index (χ2v) is 8.49. The first-order valence-electron chi connectivity index (χ1n) is 8.36. The number of amides is 1. The van der Waals surface area contributed by atoms with E-state index in [1.807, 2.05) is 35.5 Å². The highest BCUT2D eigenvalue weighted by atomic mass is 32.2. The third-order valence-corrected chi connectivity index (χ3v) is 6.99. The number of carbonyl (C=O) groups is 2. The van der Waals surface area contributed by atoms with Crippen molar-refractivity contribution in [1.82, 2.24) is 9.30 Å². The number of aliphatic hydroxyl groups excluding tert-OH is 1. The molecule has 0 saturated carbocycles. The Labute approximate surface area is 158 Å². The molecule has 2 aromatic heterocycles. The lowest BCUT2D eigenvalue weighted by molar-refractivity contribution is -0.725. The molecule has 0 unspecified atom stereocenters.